The summed E-state index contributed by atoms with van der Waals surface area (Å²) in [4.78, 5) is 9.47. The van der Waals surface area contributed by atoms with Crippen molar-refractivity contribution >= 4 is 11.8 Å². The average Bonchev–Trinajstić information content (AvgIpc) is 2.38. The molecule has 4 heteroatoms. The molecule has 0 saturated carbocycles. The highest BCUT2D eigenvalue weighted by molar-refractivity contribution is 7.98. The van der Waals surface area contributed by atoms with E-state index in [-0.39, 0.29) is 6.61 Å². The van der Waals surface area contributed by atoms with E-state index in [9.17, 15) is 0 Å². The Kier molecular flexibility index (Phi) is 3.91. The molecule has 0 unspecified atom stereocenters. The summed E-state index contributed by atoms with van der Waals surface area (Å²) in [5.41, 5.74) is 0.931. The fourth-order valence-electron chi connectivity index (χ4n) is 1.24. The van der Waals surface area contributed by atoms with Gasteiger partial charge < -0.3 is 5.11 Å². The van der Waals surface area contributed by atoms with Gasteiger partial charge in [-0.25, -0.2) is 9.97 Å². The van der Waals surface area contributed by atoms with E-state index in [2.05, 4.69) is 9.97 Å². The van der Waals surface area contributed by atoms with Crippen molar-refractivity contribution in [3.05, 3.63) is 54.1 Å². The summed E-state index contributed by atoms with van der Waals surface area (Å²) in [5.74, 6) is 1.60. The number of aromatic nitrogens is 2. The Morgan fingerprint density at radius 1 is 1.06 bits per heavy atom. The Hall–Kier alpha value is -1.39. The molecule has 0 aliphatic carbocycles. The van der Waals surface area contributed by atoms with Gasteiger partial charge in [0, 0.05) is 17.3 Å². The van der Waals surface area contributed by atoms with Gasteiger partial charge in [-0.15, -0.1) is 11.8 Å². The predicted molar refractivity (Wildman–Crippen MR) is 64.0 cm³/mol. The largest absolute Gasteiger partial charge is 0.392 e. The molecule has 2 rings (SSSR count). The summed E-state index contributed by atoms with van der Waals surface area (Å²) < 4.78 is 0. The maximum atomic E-state index is 8.91. The Morgan fingerprint density at radius 3 is 2.38 bits per heavy atom. The second-order valence-corrected chi connectivity index (χ2v) is 4.30. The van der Waals surface area contributed by atoms with Crippen LogP contribution in [0.3, 0.4) is 0 Å². The van der Waals surface area contributed by atoms with Crippen molar-refractivity contribution in [1.82, 2.24) is 9.97 Å². The second kappa shape index (κ2) is 5.63. The van der Waals surface area contributed by atoms with Crippen molar-refractivity contribution < 1.29 is 5.11 Å². The maximum absolute atomic E-state index is 8.91. The molecule has 0 bridgehead atoms. The molecule has 1 N–H and O–H groups in total. The summed E-state index contributed by atoms with van der Waals surface area (Å²) in [7, 11) is 0. The van der Waals surface area contributed by atoms with Crippen LogP contribution < -0.4 is 0 Å². The summed E-state index contributed by atoms with van der Waals surface area (Å²) in [6, 6.07) is 9.66. The quantitative estimate of drug-likeness (QED) is 0.821. The van der Waals surface area contributed by atoms with Crippen molar-refractivity contribution in [3.63, 3.8) is 0 Å². The van der Waals surface area contributed by atoms with Gasteiger partial charge in [-0.2, -0.15) is 0 Å². The SMILES string of the molecule is OCc1ccc(SCc2ncccn2)cc1. The number of rotatable bonds is 4. The van der Waals surface area contributed by atoms with Gasteiger partial charge in [0.15, 0.2) is 0 Å². The van der Waals surface area contributed by atoms with Crippen molar-refractivity contribution in [2.45, 2.75) is 17.3 Å². The number of nitrogens with zero attached hydrogens (tertiary/aromatic N) is 2. The molecule has 1 aromatic heterocycles. The number of benzene rings is 1. The van der Waals surface area contributed by atoms with E-state index in [0.29, 0.717) is 0 Å². The highest BCUT2D eigenvalue weighted by atomic mass is 32.2. The molecule has 0 atom stereocenters. The van der Waals surface area contributed by atoms with Crippen LogP contribution in [0, 0.1) is 0 Å². The zero-order valence-electron chi connectivity index (χ0n) is 8.71. The minimum Gasteiger partial charge on any atom is -0.392 e. The maximum Gasteiger partial charge on any atom is 0.138 e. The van der Waals surface area contributed by atoms with Crippen LogP contribution in [0.2, 0.25) is 0 Å². The van der Waals surface area contributed by atoms with Crippen LogP contribution in [0.15, 0.2) is 47.6 Å². The van der Waals surface area contributed by atoms with Crippen LogP contribution in [-0.4, -0.2) is 15.1 Å². The third-order valence-corrected chi connectivity index (χ3v) is 3.10. The normalized spacial score (nSPS) is 10.3. The number of aliphatic hydroxyl groups is 1. The molecular formula is C12H12N2OS. The van der Waals surface area contributed by atoms with Gasteiger partial charge in [-0.1, -0.05) is 12.1 Å². The summed E-state index contributed by atoms with van der Waals surface area (Å²) >= 11 is 1.69. The van der Waals surface area contributed by atoms with Crippen LogP contribution in [0.4, 0.5) is 0 Å². The van der Waals surface area contributed by atoms with E-state index >= 15 is 0 Å². The van der Waals surface area contributed by atoms with E-state index in [1.165, 1.54) is 0 Å². The van der Waals surface area contributed by atoms with Gasteiger partial charge in [0.05, 0.1) is 12.4 Å². The third-order valence-electron chi connectivity index (χ3n) is 2.09. The molecule has 2 aromatic rings. The molecule has 0 spiro atoms. The number of hydrogen-bond donors (Lipinski definition) is 1. The van der Waals surface area contributed by atoms with Crippen LogP contribution in [0.25, 0.3) is 0 Å². The van der Waals surface area contributed by atoms with E-state index in [0.717, 1.165) is 22.0 Å². The van der Waals surface area contributed by atoms with Crippen LogP contribution >= 0.6 is 11.8 Å². The highest BCUT2D eigenvalue weighted by Crippen LogP contribution is 2.21. The van der Waals surface area contributed by atoms with Gasteiger partial charge in [0.2, 0.25) is 0 Å². The Bertz CT molecular complexity index is 431. The number of hydrogen-bond acceptors (Lipinski definition) is 4. The first kappa shape index (κ1) is 11.1. The first-order valence-corrected chi connectivity index (χ1v) is 5.95. The van der Waals surface area contributed by atoms with Gasteiger partial charge >= 0.3 is 0 Å². The molecule has 16 heavy (non-hydrogen) atoms. The molecule has 1 heterocycles. The average molecular weight is 232 g/mol. The first-order valence-electron chi connectivity index (χ1n) is 4.97. The van der Waals surface area contributed by atoms with Crippen LogP contribution in [-0.2, 0) is 12.4 Å². The Labute approximate surface area is 98.6 Å². The minimum absolute atomic E-state index is 0.0900. The minimum atomic E-state index is 0.0900. The van der Waals surface area contributed by atoms with Gasteiger partial charge in [0.1, 0.15) is 5.82 Å². The monoisotopic (exact) mass is 232 g/mol. The standard InChI is InChI=1S/C12H12N2OS/c15-8-10-2-4-11(5-3-10)16-9-12-13-6-1-7-14-12/h1-7,15H,8-9H2. The van der Waals surface area contributed by atoms with Crippen molar-refractivity contribution in [2.24, 2.45) is 0 Å². The van der Waals surface area contributed by atoms with Crippen molar-refractivity contribution in [3.8, 4) is 0 Å². The van der Waals surface area contributed by atoms with Gasteiger partial charge in [-0.3, -0.25) is 0 Å². The summed E-state index contributed by atoms with van der Waals surface area (Å²) in [5, 5.41) is 8.91. The third kappa shape index (κ3) is 3.05. The lowest BCUT2D eigenvalue weighted by Crippen LogP contribution is -1.89. The molecule has 0 amide bonds. The Morgan fingerprint density at radius 2 is 1.75 bits per heavy atom. The van der Waals surface area contributed by atoms with E-state index in [1.807, 2.05) is 30.3 Å². The molecule has 0 radical (unpaired) electrons. The fourth-order valence-corrected chi connectivity index (χ4v) is 2.02. The fraction of sp³-hybridized carbons (Fsp3) is 0.167. The zero-order chi connectivity index (χ0) is 11.2. The number of aliphatic hydroxyl groups excluding tert-OH is 1. The molecule has 0 aliphatic rings. The molecule has 82 valence electrons. The van der Waals surface area contributed by atoms with Crippen molar-refractivity contribution in [2.75, 3.05) is 0 Å². The lowest BCUT2D eigenvalue weighted by atomic mass is 10.2. The molecule has 3 nitrogen and oxygen atoms in total. The van der Waals surface area contributed by atoms with E-state index in [4.69, 9.17) is 5.11 Å². The second-order valence-electron chi connectivity index (χ2n) is 3.26. The van der Waals surface area contributed by atoms with E-state index in [1.54, 1.807) is 24.2 Å². The van der Waals surface area contributed by atoms with Crippen molar-refractivity contribution in [1.29, 1.82) is 0 Å². The lowest BCUT2D eigenvalue weighted by molar-refractivity contribution is 0.282. The van der Waals surface area contributed by atoms with Gasteiger partial charge in [-0.05, 0) is 23.8 Å². The lowest BCUT2D eigenvalue weighted by Gasteiger charge is -2.01. The summed E-state index contributed by atoms with van der Waals surface area (Å²) in [6.07, 6.45) is 3.50. The molecule has 1 aromatic carbocycles. The van der Waals surface area contributed by atoms with Crippen LogP contribution in [0.1, 0.15) is 11.4 Å². The van der Waals surface area contributed by atoms with E-state index < -0.39 is 0 Å². The summed E-state index contributed by atoms with van der Waals surface area (Å²) in [6.45, 7) is 0.0900. The molecular weight excluding hydrogens is 220 g/mol. The molecule has 0 aliphatic heterocycles. The van der Waals surface area contributed by atoms with Crippen LogP contribution in [0.5, 0.6) is 0 Å². The smallest absolute Gasteiger partial charge is 0.138 e. The zero-order valence-corrected chi connectivity index (χ0v) is 9.52. The topological polar surface area (TPSA) is 46.0 Å². The first-order chi connectivity index (χ1) is 7.88. The highest BCUT2D eigenvalue weighted by Gasteiger charge is 1.98. The molecule has 0 saturated heterocycles. The van der Waals surface area contributed by atoms with Gasteiger partial charge in [0.25, 0.3) is 0 Å². The number of thioether (sulfide) groups is 1. The predicted octanol–water partition coefficient (Wildman–Crippen LogP) is 2.26. The Balaban J connectivity index is 1.94. The molecule has 0 fully saturated rings.